The molecule has 4 aromatic rings. The first kappa shape index (κ1) is 32.5. The van der Waals surface area contributed by atoms with E-state index in [2.05, 4.69) is 68.3 Å². The normalized spacial score (nSPS) is 18.0. The number of anilines is 1. The number of hydrogen-bond donors (Lipinski definition) is 1. The van der Waals surface area contributed by atoms with Crippen LogP contribution in [0.5, 0.6) is 0 Å². The molecule has 0 bridgehead atoms. The third kappa shape index (κ3) is 7.09. The summed E-state index contributed by atoms with van der Waals surface area (Å²) in [6, 6.07) is 11.0. The van der Waals surface area contributed by atoms with Gasteiger partial charge in [-0.05, 0) is 75.4 Å². The van der Waals surface area contributed by atoms with Crippen molar-refractivity contribution in [1.82, 2.24) is 24.3 Å². The van der Waals surface area contributed by atoms with Gasteiger partial charge < -0.3 is 9.88 Å². The zero-order valence-corrected chi connectivity index (χ0v) is 27.7. The van der Waals surface area contributed by atoms with Crippen LogP contribution in [-0.4, -0.2) is 68.8 Å². The van der Waals surface area contributed by atoms with Gasteiger partial charge in [0.1, 0.15) is 28.2 Å². The van der Waals surface area contributed by atoms with Crippen LogP contribution < -0.4 is 5.32 Å². The van der Waals surface area contributed by atoms with E-state index in [4.69, 9.17) is 0 Å². The molecule has 0 amide bonds. The lowest BCUT2D eigenvalue weighted by Crippen LogP contribution is -2.40. The Bertz CT molecular complexity index is 1770. The van der Waals surface area contributed by atoms with Gasteiger partial charge in [0.05, 0.1) is 11.8 Å². The molecule has 5 heterocycles. The van der Waals surface area contributed by atoms with Crippen molar-refractivity contribution in [1.29, 1.82) is 5.26 Å². The number of aryl methyl sites for hydroxylation is 2. The van der Waals surface area contributed by atoms with E-state index in [0.717, 1.165) is 87.2 Å². The van der Waals surface area contributed by atoms with Crippen LogP contribution in [-0.2, 0) is 25.9 Å². The molecular weight excluding hydrogens is 607 g/mol. The van der Waals surface area contributed by atoms with E-state index in [0.29, 0.717) is 40.0 Å². The van der Waals surface area contributed by atoms with Gasteiger partial charge in [0, 0.05) is 67.0 Å². The summed E-state index contributed by atoms with van der Waals surface area (Å²) in [5, 5.41) is 15.4. The maximum Gasteiger partial charge on any atom is 0.393 e. The Morgan fingerprint density at radius 2 is 1.93 bits per heavy atom. The highest BCUT2D eigenvalue weighted by Gasteiger charge is 2.30. The summed E-state index contributed by atoms with van der Waals surface area (Å²) in [6.07, 6.45) is -0.532. The molecule has 1 atom stereocenters. The van der Waals surface area contributed by atoms with Gasteiger partial charge >= 0.3 is 6.18 Å². The van der Waals surface area contributed by atoms with Gasteiger partial charge in [0.15, 0.2) is 0 Å². The maximum absolute atomic E-state index is 13.1. The van der Waals surface area contributed by atoms with Gasteiger partial charge in [-0.25, -0.2) is 9.97 Å². The molecule has 0 radical (unpaired) electrons. The molecule has 1 aromatic carbocycles. The molecule has 2 fully saturated rings. The number of fused-ring (bicyclic) bond motifs is 2. The molecule has 1 N–H and O–H groups in total. The van der Waals surface area contributed by atoms with E-state index in [1.807, 2.05) is 13.0 Å². The number of nitrogens with zero attached hydrogens (tertiary/aromatic N) is 6. The number of nitriles is 1. The molecule has 0 spiro atoms. The molecule has 0 saturated carbocycles. The number of likely N-dealkylation sites (tertiary alicyclic amines) is 2. The van der Waals surface area contributed by atoms with Crippen LogP contribution in [0.25, 0.3) is 21.1 Å². The Balaban J connectivity index is 1.12. The molecule has 0 aliphatic carbocycles. The first-order valence-electron chi connectivity index (χ1n) is 16.3. The SMILES string of the molecule is C=C1CCCN([C@@H](C)Cn2c(C#N)cc3c(C)c(CN4CCC(Nc5nc(CC)nc6sc(CC(F)(F)F)cc56)CC4)ccc32)C1. The molecule has 3 aromatic heterocycles. The average Bonchev–Trinajstić information content (AvgIpc) is 3.59. The quantitative estimate of drug-likeness (QED) is 0.188. The maximum atomic E-state index is 13.1. The van der Waals surface area contributed by atoms with Gasteiger partial charge in [-0.1, -0.05) is 25.1 Å². The summed E-state index contributed by atoms with van der Waals surface area (Å²) >= 11 is 1.10. The number of rotatable bonds is 9. The Morgan fingerprint density at radius 3 is 2.63 bits per heavy atom. The Labute approximate surface area is 272 Å². The van der Waals surface area contributed by atoms with Crippen molar-refractivity contribution in [3.63, 3.8) is 0 Å². The van der Waals surface area contributed by atoms with E-state index >= 15 is 0 Å². The summed E-state index contributed by atoms with van der Waals surface area (Å²) in [6.45, 7) is 16.0. The Hall–Kier alpha value is -3.46. The zero-order valence-electron chi connectivity index (χ0n) is 26.9. The Kier molecular flexibility index (Phi) is 9.42. The lowest BCUT2D eigenvalue weighted by Gasteiger charge is -2.34. The molecule has 46 heavy (non-hydrogen) atoms. The van der Waals surface area contributed by atoms with Crippen LogP contribution in [0.1, 0.15) is 67.1 Å². The first-order chi connectivity index (χ1) is 22.0. The molecule has 2 saturated heterocycles. The molecule has 6 rings (SSSR count). The highest BCUT2D eigenvalue weighted by molar-refractivity contribution is 7.18. The fourth-order valence-corrected chi connectivity index (χ4v) is 8.03. The Morgan fingerprint density at radius 1 is 1.15 bits per heavy atom. The number of thiophene rings is 1. The number of hydrogen-bond acceptors (Lipinski definition) is 7. The standard InChI is InChI=1S/C35H42F3N7S/c1-5-32-41-33(30-16-28(17-35(36,37)38)46-34(30)42-32)40-26-10-13-43(14-11-26)21-25-8-9-31-29(24(25)4)15-27(18-39)45(31)20-23(3)44-12-6-7-22(2)19-44/h8-9,15-16,23,26H,2,5-7,10-14,17,19-21H2,1,3-4H3,(H,40,41,42)/t23-/m0/s1. The smallest absolute Gasteiger partial charge is 0.367 e. The van der Waals surface area contributed by atoms with E-state index in [-0.39, 0.29) is 10.9 Å². The van der Waals surface area contributed by atoms with E-state index in [1.165, 1.54) is 16.7 Å². The van der Waals surface area contributed by atoms with Crippen molar-refractivity contribution in [2.24, 2.45) is 0 Å². The molecule has 2 aliphatic heterocycles. The lowest BCUT2D eigenvalue weighted by molar-refractivity contribution is -0.126. The predicted octanol–water partition coefficient (Wildman–Crippen LogP) is 7.61. The van der Waals surface area contributed by atoms with Crippen molar-refractivity contribution >= 4 is 38.3 Å². The highest BCUT2D eigenvalue weighted by atomic mass is 32.1. The van der Waals surface area contributed by atoms with Crippen LogP contribution in [0, 0.1) is 18.3 Å². The molecule has 7 nitrogen and oxygen atoms in total. The number of alkyl halides is 3. The predicted molar refractivity (Wildman–Crippen MR) is 179 cm³/mol. The monoisotopic (exact) mass is 649 g/mol. The van der Waals surface area contributed by atoms with Crippen LogP contribution in [0.3, 0.4) is 0 Å². The topological polar surface area (TPSA) is 73.0 Å². The van der Waals surface area contributed by atoms with Crippen molar-refractivity contribution in [2.75, 3.05) is 31.5 Å². The van der Waals surface area contributed by atoms with Crippen LogP contribution in [0.4, 0.5) is 19.0 Å². The number of benzene rings is 1. The summed E-state index contributed by atoms with van der Waals surface area (Å²) in [5.74, 6) is 1.28. The molecule has 11 heteroatoms. The molecule has 244 valence electrons. The third-order valence-corrected chi connectivity index (χ3v) is 10.6. The summed E-state index contributed by atoms with van der Waals surface area (Å²) in [7, 11) is 0. The third-order valence-electron chi connectivity index (χ3n) is 9.56. The number of aromatic nitrogens is 3. The second kappa shape index (κ2) is 13.3. The fourth-order valence-electron chi connectivity index (χ4n) is 6.95. The first-order valence-corrected chi connectivity index (χ1v) is 17.1. The van der Waals surface area contributed by atoms with Crippen LogP contribution in [0.2, 0.25) is 0 Å². The highest BCUT2D eigenvalue weighted by Crippen LogP contribution is 2.34. The molecule has 0 unspecified atom stereocenters. The summed E-state index contributed by atoms with van der Waals surface area (Å²) < 4.78 is 41.4. The van der Waals surface area contributed by atoms with Crippen molar-refractivity contribution < 1.29 is 13.2 Å². The minimum atomic E-state index is -4.26. The molecule has 2 aliphatic rings. The second-order valence-corrected chi connectivity index (χ2v) is 14.1. The van der Waals surface area contributed by atoms with Gasteiger partial charge in [-0.2, -0.15) is 18.4 Å². The minimum absolute atomic E-state index is 0.180. The van der Waals surface area contributed by atoms with E-state index < -0.39 is 12.6 Å². The van der Waals surface area contributed by atoms with Gasteiger partial charge in [-0.15, -0.1) is 11.3 Å². The van der Waals surface area contributed by atoms with Crippen molar-refractivity contribution in [3.05, 3.63) is 63.9 Å². The summed E-state index contributed by atoms with van der Waals surface area (Å²) in [4.78, 5) is 15.0. The van der Waals surface area contributed by atoms with Crippen molar-refractivity contribution in [2.45, 2.75) is 90.6 Å². The van der Waals surface area contributed by atoms with E-state index in [1.54, 1.807) is 6.07 Å². The van der Waals surface area contributed by atoms with Crippen LogP contribution >= 0.6 is 11.3 Å². The lowest BCUT2D eigenvalue weighted by atomic mass is 10.0. The van der Waals surface area contributed by atoms with Crippen molar-refractivity contribution in [3.8, 4) is 6.07 Å². The second-order valence-electron chi connectivity index (χ2n) is 13.0. The summed E-state index contributed by atoms with van der Waals surface area (Å²) in [5.41, 5.74) is 5.58. The number of piperidine rings is 2. The fraction of sp³-hybridized carbons (Fsp3) is 0.514. The zero-order chi connectivity index (χ0) is 32.6. The molecular formula is C35H42F3N7S. The van der Waals surface area contributed by atoms with Gasteiger partial charge in [0.25, 0.3) is 0 Å². The van der Waals surface area contributed by atoms with Gasteiger partial charge in [-0.3, -0.25) is 9.80 Å². The number of nitrogens with one attached hydrogen (secondary N) is 1. The van der Waals surface area contributed by atoms with Crippen LogP contribution in [0.15, 0.2) is 36.4 Å². The largest absolute Gasteiger partial charge is 0.393 e. The average molecular weight is 650 g/mol. The number of halogens is 3. The van der Waals surface area contributed by atoms with Gasteiger partial charge in [0.2, 0.25) is 0 Å². The van der Waals surface area contributed by atoms with E-state index in [9.17, 15) is 18.4 Å². The minimum Gasteiger partial charge on any atom is -0.367 e.